The fourth-order valence-electron chi connectivity index (χ4n) is 2.92. The van der Waals surface area contributed by atoms with Crippen molar-refractivity contribution in [3.63, 3.8) is 0 Å². The minimum atomic E-state index is 0.0368. The van der Waals surface area contributed by atoms with Gasteiger partial charge in [0.05, 0.1) is 0 Å². The number of urea groups is 1. The van der Waals surface area contributed by atoms with Crippen LogP contribution in [0.3, 0.4) is 0 Å². The van der Waals surface area contributed by atoms with Gasteiger partial charge in [0.1, 0.15) is 0 Å². The zero-order chi connectivity index (χ0) is 16.8. The Bertz CT molecular complexity index is 669. The van der Waals surface area contributed by atoms with Crippen molar-refractivity contribution in [2.75, 3.05) is 37.6 Å². The fraction of sp³-hybridized carbons (Fsp3) is 0.316. The Labute approximate surface area is 151 Å². The molecule has 4 nitrogen and oxygen atoms in total. The highest BCUT2D eigenvalue weighted by molar-refractivity contribution is 9.10. The van der Waals surface area contributed by atoms with Gasteiger partial charge in [-0.05, 0) is 30.2 Å². The lowest BCUT2D eigenvalue weighted by molar-refractivity contribution is 0.194. The molecule has 0 unspecified atom stereocenters. The molecule has 5 heteroatoms. The third kappa shape index (κ3) is 4.29. The van der Waals surface area contributed by atoms with Crippen molar-refractivity contribution in [3.05, 3.63) is 64.6 Å². The molecule has 0 aromatic heterocycles. The molecule has 24 heavy (non-hydrogen) atoms. The van der Waals surface area contributed by atoms with Crippen molar-refractivity contribution in [1.29, 1.82) is 0 Å². The molecule has 0 atom stereocenters. The molecule has 1 fully saturated rings. The van der Waals surface area contributed by atoms with Crippen LogP contribution in [0, 0.1) is 0 Å². The first kappa shape index (κ1) is 16.8. The molecule has 0 aliphatic carbocycles. The van der Waals surface area contributed by atoms with Crippen molar-refractivity contribution in [2.24, 2.45) is 0 Å². The van der Waals surface area contributed by atoms with E-state index in [0.29, 0.717) is 6.54 Å². The van der Waals surface area contributed by atoms with Crippen LogP contribution in [0.15, 0.2) is 59.1 Å². The van der Waals surface area contributed by atoms with E-state index in [1.165, 1.54) is 11.3 Å². The van der Waals surface area contributed by atoms with Crippen molar-refractivity contribution >= 4 is 27.6 Å². The molecule has 0 radical (unpaired) electrons. The fourth-order valence-corrected chi connectivity index (χ4v) is 3.41. The van der Waals surface area contributed by atoms with E-state index in [-0.39, 0.29) is 6.03 Å². The monoisotopic (exact) mass is 387 g/mol. The summed E-state index contributed by atoms with van der Waals surface area (Å²) in [5.74, 6) is 0. The van der Waals surface area contributed by atoms with Gasteiger partial charge in [-0.1, -0.05) is 52.3 Å². The maximum absolute atomic E-state index is 12.3. The molecule has 0 saturated carbocycles. The number of piperazine rings is 1. The Morgan fingerprint density at radius 2 is 1.62 bits per heavy atom. The molecule has 1 saturated heterocycles. The molecule has 1 N–H and O–H groups in total. The number of carbonyl (C=O) groups is 1. The van der Waals surface area contributed by atoms with Gasteiger partial charge in [0, 0.05) is 42.9 Å². The number of para-hydroxylation sites is 1. The summed E-state index contributed by atoms with van der Waals surface area (Å²) in [5.41, 5.74) is 2.44. The predicted molar refractivity (Wildman–Crippen MR) is 101 cm³/mol. The Morgan fingerprint density at radius 3 is 2.33 bits per heavy atom. The molecule has 0 bridgehead atoms. The van der Waals surface area contributed by atoms with Gasteiger partial charge in [-0.15, -0.1) is 0 Å². The number of nitrogens with one attached hydrogen (secondary N) is 1. The van der Waals surface area contributed by atoms with Gasteiger partial charge >= 0.3 is 6.03 Å². The summed E-state index contributed by atoms with van der Waals surface area (Å²) in [6.45, 7) is 3.93. The maximum atomic E-state index is 12.3. The number of amides is 2. The summed E-state index contributed by atoms with van der Waals surface area (Å²) < 4.78 is 1.09. The summed E-state index contributed by atoms with van der Waals surface area (Å²) in [7, 11) is 0. The average molecular weight is 388 g/mol. The van der Waals surface area contributed by atoms with E-state index in [1.807, 2.05) is 29.2 Å². The average Bonchev–Trinajstić information content (AvgIpc) is 2.64. The molecular weight excluding hydrogens is 366 g/mol. The number of carbonyl (C=O) groups excluding carboxylic acids is 1. The van der Waals surface area contributed by atoms with Crippen LogP contribution in [0.4, 0.5) is 10.5 Å². The van der Waals surface area contributed by atoms with Crippen LogP contribution in [0.5, 0.6) is 0 Å². The highest BCUT2D eigenvalue weighted by Crippen LogP contribution is 2.17. The van der Waals surface area contributed by atoms with E-state index in [0.717, 1.165) is 37.1 Å². The quantitative estimate of drug-likeness (QED) is 0.870. The van der Waals surface area contributed by atoms with E-state index >= 15 is 0 Å². The van der Waals surface area contributed by atoms with Gasteiger partial charge in [-0.25, -0.2) is 4.79 Å². The number of benzene rings is 2. The normalized spacial score (nSPS) is 14.5. The van der Waals surface area contributed by atoms with E-state index in [9.17, 15) is 4.79 Å². The third-order valence-electron chi connectivity index (χ3n) is 4.32. The van der Waals surface area contributed by atoms with E-state index < -0.39 is 0 Å². The smallest absolute Gasteiger partial charge is 0.317 e. The molecule has 2 aromatic rings. The molecule has 1 heterocycles. The highest BCUT2D eigenvalue weighted by atomic mass is 79.9. The summed E-state index contributed by atoms with van der Waals surface area (Å²) in [5, 5.41) is 3.03. The minimum Gasteiger partial charge on any atom is -0.368 e. The lowest BCUT2D eigenvalue weighted by atomic mass is 10.1. The number of anilines is 1. The molecule has 3 rings (SSSR count). The van der Waals surface area contributed by atoms with E-state index in [4.69, 9.17) is 0 Å². The molecule has 2 amide bonds. The largest absolute Gasteiger partial charge is 0.368 e. The van der Waals surface area contributed by atoms with E-state index in [1.54, 1.807) is 0 Å². The first-order valence-corrected chi connectivity index (χ1v) is 9.09. The maximum Gasteiger partial charge on any atom is 0.317 e. The summed E-state index contributed by atoms with van der Waals surface area (Å²) in [6, 6.07) is 18.5. The van der Waals surface area contributed by atoms with Crippen LogP contribution >= 0.6 is 15.9 Å². The van der Waals surface area contributed by atoms with Crippen LogP contribution in [0.25, 0.3) is 0 Å². The number of rotatable bonds is 4. The zero-order valence-corrected chi connectivity index (χ0v) is 15.2. The highest BCUT2D eigenvalue weighted by Gasteiger charge is 2.20. The zero-order valence-electron chi connectivity index (χ0n) is 13.6. The van der Waals surface area contributed by atoms with Crippen LogP contribution in [-0.4, -0.2) is 43.7 Å². The Balaban J connectivity index is 1.43. The molecule has 1 aliphatic heterocycles. The molecule has 1 aliphatic rings. The Morgan fingerprint density at radius 1 is 0.958 bits per heavy atom. The van der Waals surface area contributed by atoms with Gasteiger partial charge in [-0.3, -0.25) is 0 Å². The molecule has 126 valence electrons. The van der Waals surface area contributed by atoms with Crippen molar-refractivity contribution in [1.82, 2.24) is 10.2 Å². The van der Waals surface area contributed by atoms with Crippen molar-refractivity contribution in [2.45, 2.75) is 6.42 Å². The first-order valence-electron chi connectivity index (χ1n) is 8.30. The first-order chi connectivity index (χ1) is 11.7. The summed E-state index contributed by atoms with van der Waals surface area (Å²) in [4.78, 5) is 16.5. The molecule has 2 aromatic carbocycles. The van der Waals surface area contributed by atoms with E-state index in [2.05, 4.69) is 56.5 Å². The van der Waals surface area contributed by atoms with Crippen LogP contribution in [0.2, 0.25) is 0 Å². The third-order valence-corrected chi connectivity index (χ3v) is 5.09. The van der Waals surface area contributed by atoms with Gasteiger partial charge in [0.25, 0.3) is 0 Å². The molecule has 0 spiro atoms. The standard InChI is InChI=1S/C19H22BrN3O/c20-18-9-5-4-6-16(18)10-11-21-19(24)23-14-12-22(13-15-23)17-7-2-1-3-8-17/h1-9H,10-15H2,(H,21,24). The number of hydrogen-bond donors (Lipinski definition) is 1. The van der Waals surface area contributed by atoms with Crippen molar-refractivity contribution < 1.29 is 4.79 Å². The van der Waals surface area contributed by atoms with Gasteiger partial charge < -0.3 is 15.1 Å². The SMILES string of the molecule is O=C(NCCc1ccccc1Br)N1CCN(c2ccccc2)CC1. The topological polar surface area (TPSA) is 35.6 Å². The number of nitrogens with zero attached hydrogens (tertiary/aromatic N) is 2. The second-order valence-electron chi connectivity index (χ2n) is 5.88. The second-order valence-corrected chi connectivity index (χ2v) is 6.74. The second kappa shape index (κ2) is 8.20. The lowest BCUT2D eigenvalue weighted by Crippen LogP contribution is -2.52. The van der Waals surface area contributed by atoms with Crippen LogP contribution < -0.4 is 10.2 Å². The number of hydrogen-bond acceptors (Lipinski definition) is 2. The van der Waals surface area contributed by atoms with Gasteiger partial charge in [0.15, 0.2) is 0 Å². The Kier molecular flexibility index (Phi) is 5.75. The number of halogens is 1. The predicted octanol–water partition coefficient (Wildman–Crippen LogP) is 3.52. The van der Waals surface area contributed by atoms with Gasteiger partial charge in [-0.2, -0.15) is 0 Å². The van der Waals surface area contributed by atoms with Crippen LogP contribution in [-0.2, 0) is 6.42 Å². The van der Waals surface area contributed by atoms with Crippen LogP contribution in [0.1, 0.15) is 5.56 Å². The molecular formula is C19H22BrN3O. The lowest BCUT2D eigenvalue weighted by Gasteiger charge is -2.36. The Hall–Kier alpha value is -2.01. The summed E-state index contributed by atoms with van der Waals surface area (Å²) in [6.07, 6.45) is 0.830. The van der Waals surface area contributed by atoms with Gasteiger partial charge in [0.2, 0.25) is 0 Å². The summed E-state index contributed by atoms with van der Waals surface area (Å²) >= 11 is 3.54. The van der Waals surface area contributed by atoms with Crippen molar-refractivity contribution in [3.8, 4) is 0 Å². The minimum absolute atomic E-state index is 0.0368.